The number of piperidine rings is 1. The minimum atomic E-state index is 0.0518. The topological polar surface area (TPSA) is 47.5 Å². The second-order valence-electron chi connectivity index (χ2n) is 7.57. The summed E-state index contributed by atoms with van der Waals surface area (Å²) in [5.74, 6) is 0.837. The van der Waals surface area contributed by atoms with E-state index in [-0.39, 0.29) is 11.5 Å². The van der Waals surface area contributed by atoms with Gasteiger partial charge in [0, 0.05) is 43.5 Å². The van der Waals surface area contributed by atoms with E-state index in [0.717, 1.165) is 62.6 Å². The van der Waals surface area contributed by atoms with Crippen molar-refractivity contribution in [2.75, 3.05) is 26.3 Å². The van der Waals surface area contributed by atoms with Crippen LogP contribution in [0.1, 0.15) is 30.7 Å². The molecule has 2 aromatic rings. The molecular weight excluding hydrogens is 326 g/mol. The molecule has 2 saturated heterocycles. The normalized spacial score (nSPS) is 26.3. The summed E-state index contributed by atoms with van der Waals surface area (Å²) in [5, 5.41) is 0. The molecule has 138 valence electrons. The Balaban J connectivity index is 1.47. The highest BCUT2D eigenvalue weighted by Gasteiger charge is 2.46. The monoisotopic (exact) mass is 353 g/mol. The van der Waals surface area contributed by atoms with Crippen LogP contribution in [0.3, 0.4) is 0 Å². The van der Waals surface area contributed by atoms with Gasteiger partial charge in [-0.15, -0.1) is 0 Å². The van der Waals surface area contributed by atoms with Crippen molar-refractivity contribution < 1.29 is 9.47 Å². The minimum Gasteiger partial charge on any atom is -0.491 e. The smallest absolute Gasteiger partial charge is 0.137 e. The first-order valence-corrected chi connectivity index (χ1v) is 9.53. The number of ether oxygens (including phenoxy) is 2. The van der Waals surface area contributed by atoms with Gasteiger partial charge in [0.2, 0.25) is 0 Å². The summed E-state index contributed by atoms with van der Waals surface area (Å²) in [6.07, 6.45) is 7.15. The van der Waals surface area contributed by atoms with Crippen molar-refractivity contribution in [3.8, 4) is 5.75 Å². The van der Waals surface area contributed by atoms with E-state index in [9.17, 15) is 0 Å². The molecule has 2 aliphatic heterocycles. The maximum absolute atomic E-state index is 6.15. The van der Waals surface area contributed by atoms with Crippen molar-refractivity contribution in [1.82, 2.24) is 14.9 Å². The van der Waals surface area contributed by atoms with E-state index in [1.807, 2.05) is 25.1 Å². The average Bonchev–Trinajstić information content (AvgIpc) is 2.67. The summed E-state index contributed by atoms with van der Waals surface area (Å²) in [6, 6.07) is 10.1. The van der Waals surface area contributed by atoms with E-state index in [2.05, 4.69) is 27.0 Å². The lowest BCUT2D eigenvalue weighted by atomic mass is 9.73. The van der Waals surface area contributed by atoms with Gasteiger partial charge in [0.25, 0.3) is 0 Å². The summed E-state index contributed by atoms with van der Waals surface area (Å²) in [6.45, 7) is 6.54. The first kappa shape index (κ1) is 17.4. The van der Waals surface area contributed by atoms with Crippen LogP contribution in [0.2, 0.25) is 0 Å². The minimum absolute atomic E-state index is 0.0518. The predicted molar refractivity (Wildman–Crippen MR) is 100 cm³/mol. The Morgan fingerprint density at radius 1 is 1.31 bits per heavy atom. The third-order valence-corrected chi connectivity index (χ3v) is 5.56. The highest BCUT2D eigenvalue weighted by atomic mass is 16.5. The molecule has 0 N–H and O–H groups in total. The number of pyridine rings is 2. The highest BCUT2D eigenvalue weighted by molar-refractivity contribution is 5.16. The van der Waals surface area contributed by atoms with E-state index in [1.54, 1.807) is 12.4 Å². The number of hydrogen-bond donors (Lipinski definition) is 0. The highest BCUT2D eigenvalue weighted by Crippen LogP contribution is 2.41. The standard InChI is InChI=1S/C21H27N3O2/c1-17-5-2-6-18(23-17)14-24-11-8-20-21(15-24,9-4-12-25-20)16-26-19-7-3-10-22-13-19/h2-3,5-7,10,13,20H,4,8-9,11-12,14-16H2,1H3/t20-,21+/m1/s1. The van der Waals surface area contributed by atoms with Gasteiger partial charge in [-0.25, -0.2) is 0 Å². The van der Waals surface area contributed by atoms with Gasteiger partial charge in [0.1, 0.15) is 5.75 Å². The van der Waals surface area contributed by atoms with Crippen LogP contribution in [-0.2, 0) is 11.3 Å². The Morgan fingerprint density at radius 3 is 3.12 bits per heavy atom. The molecule has 2 fully saturated rings. The maximum Gasteiger partial charge on any atom is 0.137 e. The molecule has 2 aromatic heterocycles. The molecule has 26 heavy (non-hydrogen) atoms. The summed E-state index contributed by atoms with van der Waals surface area (Å²) >= 11 is 0. The van der Waals surface area contributed by atoms with Crippen LogP contribution in [0.4, 0.5) is 0 Å². The second-order valence-corrected chi connectivity index (χ2v) is 7.57. The Bertz CT molecular complexity index is 724. The van der Waals surface area contributed by atoms with Crippen molar-refractivity contribution in [2.45, 2.75) is 38.8 Å². The third-order valence-electron chi connectivity index (χ3n) is 5.56. The van der Waals surface area contributed by atoms with Crippen LogP contribution in [0.25, 0.3) is 0 Å². The number of aromatic nitrogens is 2. The average molecular weight is 353 g/mol. The molecule has 0 amide bonds. The van der Waals surface area contributed by atoms with E-state index in [4.69, 9.17) is 9.47 Å². The zero-order valence-electron chi connectivity index (χ0n) is 15.4. The number of hydrogen-bond acceptors (Lipinski definition) is 5. The lowest BCUT2D eigenvalue weighted by molar-refractivity contribution is -0.141. The van der Waals surface area contributed by atoms with Crippen LogP contribution in [0.15, 0.2) is 42.7 Å². The molecule has 2 aliphatic rings. The second kappa shape index (κ2) is 7.72. The van der Waals surface area contributed by atoms with E-state index in [1.165, 1.54) is 0 Å². The van der Waals surface area contributed by atoms with Crippen LogP contribution < -0.4 is 4.74 Å². The van der Waals surface area contributed by atoms with Gasteiger partial charge in [-0.1, -0.05) is 6.07 Å². The SMILES string of the molecule is Cc1cccc(CN2CC[C@H]3OCCC[C@@]3(COc3cccnc3)C2)n1. The molecule has 5 nitrogen and oxygen atoms in total. The van der Waals surface area contributed by atoms with Crippen molar-refractivity contribution in [2.24, 2.45) is 5.41 Å². The quantitative estimate of drug-likeness (QED) is 0.826. The Kier molecular flexibility index (Phi) is 5.18. The van der Waals surface area contributed by atoms with E-state index >= 15 is 0 Å². The summed E-state index contributed by atoms with van der Waals surface area (Å²) < 4.78 is 12.3. The fraction of sp³-hybridized carbons (Fsp3) is 0.524. The maximum atomic E-state index is 6.15. The molecule has 0 unspecified atom stereocenters. The number of fused-ring (bicyclic) bond motifs is 1. The number of aryl methyl sites for hydroxylation is 1. The summed E-state index contributed by atoms with van der Waals surface area (Å²) in [4.78, 5) is 11.3. The molecule has 2 atom stereocenters. The van der Waals surface area contributed by atoms with E-state index < -0.39 is 0 Å². The molecule has 4 rings (SSSR count). The summed E-state index contributed by atoms with van der Waals surface area (Å²) in [7, 11) is 0. The molecule has 0 aliphatic carbocycles. The molecule has 0 bridgehead atoms. The zero-order chi connectivity index (χ0) is 17.8. The third kappa shape index (κ3) is 3.89. The lowest BCUT2D eigenvalue weighted by Crippen LogP contribution is -2.57. The molecule has 5 heteroatoms. The van der Waals surface area contributed by atoms with Gasteiger partial charge in [-0.3, -0.25) is 14.9 Å². The van der Waals surface area contributed by atoms with Crippen molar-refractivity contribution in [3.05, 3.63) is 54.1 Å². The molecule has 0 spiro atoms. The molecule has 0 radical (unpaired) electrons. The molecule has 4 heterocycles. The largest absolute Gasteiger partial charge is 0.491 e. The van der Waals surface area contributed by atoms with Crippen LogP contribution >= 0.6 is 0 Å². The fourth-order valence-electron chi connectivity index (χ4n) is 4.30. The predicted octanol–water partition coefficient (Wildman–Crippen LogP) is 3.24. The zero-order valence-corrected chi connectivity index (χ0v) is 15.4. The van der Waals surface area contributed by atoms with E-state index in [0.29, 0.717) is 6.61 Å². The van der Waals surface area contributed by atoms with Gasteiger partial charge in [-0.05, 0) is 50.5 Å². The molecule has 0 aromatic carbocycles. The van der Waals surface area contributed by atoms with Gasteiger partial charge in [-0.2, -0.15) is 0 Å². The van der Waals surface area contributed by atoms with Crippen LogP contribution in [-0.4, -0.2) is 47.3 Å². The number of likely N-dealkylation sites (tertiary alicyclic amines) is 1. The number of rotatable bonds is 5. The molecule has 0 saturated carbocycles. The van der Waals surface area contributed by atoms with Crippen molar-refractivity contribution >= 4 is 0 Å². The Hall–Kier alpha value is -1.98. The fourth-order valence-corrected chi connectivity index (χ4v) is 4.30. The first-order chi connectivity index (χ1) is 12.7. The summed E-state index contributed by atoms with van der Waals surface area (Å²) in [5.41, 5.74) is 2.27. The van der Waals surface area contributed by atoms with Gasteiger partial charge in [0.15, 0.2) is 0 Å². The van der Waals surface area contributed by atoms with Gasteiger partial charge < -0.3 is 9.47 Å². The van der Waals surface area contributed by atoms with Crippen molar-refractivity contribution in [1.29, 1.82) is 0 Å². The Morgan fingerprint density at radius 2 is 2.27 bits per heavy atom. The Labute approximate surface area is 155 Å². The lowest BCUT2D eigenvalue weighted by Gasteiger charge is -2.50. The van der Waals surface area contributed by atoms with Gasteiger partial charge >= 0.3 is 0 Å². The van der Waals surface area contributed by atoms with Crippen LogP contribution in [0, 0.1) is 12.3 Å². The first-order valence-electron chi connectivity index (χ1n) is 9.53. The van der Waals surface area contributed by atoms with Crippen molar-refractivity contribution in [3.63, 3.8) is 0 Å². The van der Waals surface area contributed by atoms with Crippen LogP contribution in [0.5, 0.6) is 5.75 Å². The number of nitrogens with zero attached hydrogens (tertiary/aromatic N) is 3. The van der Waals surface area contributed by atoms with Gasteiger partial charge in [0.05, 0.1) is 24.6 Å². The molecular formula is C21H27N3O2.